The van der Waals surface area contributed by atoms with Gasteiger partial charge in [-0.1, -0.05) is 0 Å². The van der Waals surface area contributed by atoms with Crippen molar-refractivity contribution >= 4 is 0 Å². The molecule has 0 saturated heterocycles. The van der Waals surface area contributed by atoms with Crippen LogP contribution in [-0.2, 0) is 13.0 Å². The molecule has 0 spiro atoms. The predicted molar refractivity (Wildman–Crippen MR) is 89.8 cm³/mol. The van der Waals surface area contributed by atoms with E-state index in [1.165, 1.54) is 12.1 Å². The Morgan fingerprint density at radius 1 is 1.05 bits per heavy atom. The van der Waals surface area contributed by atoms with Gasteiger partial charge < -0.3 is 18.9 Å². The van der Waals surface area contributed by atoms with Crippen LogP contribution in [0.3, 0.4) is 0 Å². The van der Waals surface area contributed by atoms with Gasteiger partial charge in [-0.3, -0.25) is 0 Å². The molecule has 0 radical (unpaired) electrons. The molecule has 0 N–H and O–H groups in total. The summed E-state index contributed by atoms with van der Waals surface area (Å²) in [5.41, 5.74) is 1.38. The van der Waals surface area contributed by atoms with Gasteiger partial charge in [-0.05, 0) is 69.9 Å². The molecule has 0 aliphatic carbocycles. The minimum absolute atomic E-state index is 0.668. The van der Waals surface area contributed by atoms with Crippen LogP contribution in [0.2, 0.25) is 0 Å². The molecule has 120 valence electrons. The van der Waals surface area contributed by atoms with Gasteiger partial charge in [0, 0.05) is 11.9 Å². The van der Waals surface area contributed by atoms with E-state index in [1.54, 1.807) is 7.11 Å². The van der Waals surface area contributed by atoms with E-state index in [-0.39, 0.29) is 0 Å². The summed E-state index contributed by atoms with van der Waals surface area (Å²) in [4.78, 5) is 2.22. The van der Waals surface area contributed by atoms with Gasteiger partial charge in [0.15, 0.2) is 0 Å². The topological polar surface area (TPSA) is 26.6 Å². The fraction of sp³-hybridized carbons (Fsp3) is 0.444. The lowest BCUT2D eigenvalue weighted by Crippen LogP contribution is -2.15. The summed E-state index contributed by atoms with van der Waals surface area (Å²) in [5.74, 6) is 1.73. The Morgan fingerprint density at radius 3 is 2.45 bits per heavy atom. The number of aryl methyl sites for hydroxylation is 1. The lowest BCUT2D eigenvalue weighted by molar-refractivity contribution is 0.295. The fourth-order valence-corrected chi connectivity index (χ4v) is 2.40. The van der Waals surface area contributed by atoms with Crippen LogP contribution in [0.15, 0.2) is 42.6 Å². The molecule has 0 unspecified atom stereocenters. The number of rotatable bonds is 9. The van der Waals surface area contributed by atoms with Gasteiger partial charge in [-0.2, -0.15) is 0 Å². The van der Waals surface area contributed by atoms with E-state index in [2.05, 4.69) is 41.9 Å². The molecule has 1 aromatic carbocycles. The molecule has 0 amide bonds. The van der Waals surface area contributed by atoms with E-state index < -0.39 is 0 Å². The average molecular weight is 302 g/mol. The second-order valence-electron chi connectivity index (χ2n) is 5.62. The Balaban J connectivity index is 1.77. The Hall–Kier alpha value is -1.94. The van der Waals surface area contributed by atoms with Crippen molar-refractivity contribution in [3.8, 4) is 11.5 Å². The number of hydrogen-bond donors (Lipinski definition) is 0. The highest BCUT2D eigenvalue weighted by Crippen LogP contribution is 2.17. The summed E-state index contributed by atoms with van der Waals surface area (Å²) in [6.45, 7) is 2.66. The summed E-state index contributed by atoms with van der Waals surface area (Å²) in [6.07, 6.45) is 4.41. The molecule has 1 aromatic heterocycles. The first kappa shape index (κ1) is 16.4. The molecular formula is C18H26N2O2. The standard InChI is InChI=1S/C18H26N2O2/c1-19(2)12-4-6-16-7-5-13-20(16)14-15-22-18-10-8-17(21-3)9-11-18/h5,7-11,13H,4,6,12,14-15H2,1-3H3. The molecule has 4 heteroatoms. The molecule has 2 rings (SSSR count). The quantitative estimate of drug-likeness (QED) is 0.712. The maximum Gasteiger partial charge on any atom is 0.119 e. The van der Waals surface area contributed by atoms with Crippen molar-refractivity contribution in [2.24, 2.45) is 0 Å². The first-order valence-corrected chi connectivity index (χ1v) is 7.74. The predicted octanol–water partition coefficient (Wildman–Crippen LogP) is 3.07. The molecule has 4 nitrogen and oxygen atoms in total. The Morgan fingerprint density at radius 2 is 1.77 bits per heavy atom. The summed E-state index contributed by atoms with van der Waals surface area (Å²) in [6, 6.07) is 12.0. The van der Waals surface area contributed by atoms with Crippen molar-refractivity contribution in [3.05, 3.63) is 48.3 Å². The third-order valence-corrected chi connectivity index (χ3v) is 3.62. The fourth-order valence-electron chi connectivity index (χ4n) is 2.40. The molecule has 0 atom stereocenters. The maximum absolute atomic E-state index is 5.79. The zero-order chi connectivity index (χ0) is 15.8. The largest absolute Gasteiger partial charge is 0.497 e. The maximum atomic E-state index is 5.79. The SMILES string of the molecule is COc1ccc(OCCn2cccc2CCCN(C)C)cc1. The zero-order valence-electron chi connectivity index (χ0n) is 13.8. The summed E-state index contributed by atoms with van der Waals surface area (Å²) >= 11 is 0. The molecular weight excluding hydrogens is 276 g/mol. The van der Waals surface area contributed by atoms with Crippen LogP contribution in [0, 0.1) is 0 Å². The number of benzene rings is 1. The zero-order valence-corrected chi connectivity index (χ0v) is 13.8. The third kappa shape index (κ3) is 5.11. The van der Waals surface area contributed by atoms with Gasteiger partial charge in [-0.15, -0.1) is 0 Å². The van der Waals surface area contributed by atoms with Gasteiger partial charge in [0.1, 0.15) is 18.1 Å². The molecule has 2 aromatic rings. The van der Waals surface area contributed by atoms with Gasteiger partial charge in [-0.25, -0.2) is 0 Å². The van der Waals surface area contributed by atoms with Crippen molar-refractivity contribution in [2.75, 3.05) is 34.4 Å². The summed E-state index contributed by atoms with van der Waals surface area (Å²) in [5, 5.41) is 0. The highest BCUT2D eigenvalue weighted by atomic mass is 16.5. The number of aromatic nitrogens is 1. The smallest absolute Gasteiger partial charge is 0.119 e. The molecule has 0 aliphatic heterocycles. The van der Waals surface area contributed by atoms with Crippen LogP contribution in [0.4, 0.5) is 0 Å². The highest BCUT2D eigenvalue weighted by molar-refractivity contribution is 5.31. The van der Waals surface area contributed by atoms with Gasteiger partial charge in [0.2, 0.25) is 0 Å². The Labute approximate surface area is 133 Å². The van der Waals surface area contributed by atoms with Crippen LogP contribution in [0.1, 0.15) is 12.1 Å². The Kier molecular flexibility index (Phi) is 6.34. The summed E-state index contributed by atoms with van der Waals surface area (Å²) < 4.78 is 13.2. The minimum Gasteiger partial charge on any atom is -0.497 e. The monoisotopic (exact) mass is 302 g/mol. The molecule has 1 heterocycles. The van der Waals surface area contributed by atoms with Crippen LogP contribution < -0.4 is 9.47 Å². The number of hydrogen-bond acceptors (Lipinski definition) is 3. The lowest BCUT2D eigenvalue weighted by Gasteiger charge is -2.12. The van der Waals surface area contributed by atoms with Crippen molar-refractivity contribution in [3.63, 3.8) is 0 Å². The molecule has 0 saturated carbocycles. The number of methoxy groups -OCH3 is 1. The van der Waals surface area contributed by atoms with Crippen LogP contribution >= 0.6 is 0 Å². The van der Waals surface area contributed by atoms with Crippen molar-refractivity contribution in [1.82, 2.24) is 9.47 Å². The lowest BCUT2D eigenvalue weighted by atomic mass is 10.2. The molecule has 0 bridgehead atoms. The van der Waals surface area contributed by atoms with Crippen molar-refractivity contribution in [2.45, 2.75) is 19.4 Å². The normalized spacial score (nSPS) is 10.9. The average Bonchev–Trinajstić information content (AvgIpc) is 2.95. The van der Waals surface area contributed by atoms with Crippen LogP contribution in [-0.4, -0.2) is 43.8 Å². The van der Waals surface area contributed by atoms with Crippen molar-refractivity contribution in [1.29, 1.82) is 0 Å². The second kappa shape index (κ2) is 8.49. The van der Waals surface area contributed by atoms with Gasteiger partial charge in [0.05, 0.1) is 13.7 Å². The first-order valence-electron chi connectivity index (χ1n) is 7.74. The van der Waals surface area contributed by atoms with Gasteiger partial charge in [0.25, 0.3) is 0 Å². The highest BCUT2D eigenvalue weighted by Gasteiger charge is 2.02. The Bertz CT molecular complexity index is 546. The molecule has 0 fully saturated rings. The number of nitrogens with zero attached hydrogens (tertiary/aromatic N) is 2. The third-order valence-electron chi connectivity index (χ3n) is 3.62. The van der Waals surface area contributed by atoms with E-state index in [0.717, 1.165) is 31.0 Å². The van der Waals surface area contributed by atoms with Crippen LogP contribution in [0.5, 0.6) is 11.5 Å². The molecule has 22 heavy (non-hydrogen) atoms. The number of ether oxygens (including phenoxy) is 2. The van der Waals surface area contributed by atoms with Gasteiger partial charge >= 0.3 is 0 Å². The summed E-state index contributed by atoms with van der Waals surface area (Å²) in [7, 11) is 5.89. The first-order chi connectivity index (χ1) is 10.7. The van der Waals surface area contributed by atoms with E-state index in [1.807, 2.05) is 24.3 Å². The van der Waals surface area contributed by atoms with Crippen molar-refractivity contribution < 1.29 is 9.47 Å². The van der Waals surface area contributed by atoms with E-state index in [0.29, 0.717) is 6.61 Å². The molecule has 0 aliphatic rings. The minimum atomic E-state index is 0.668. The van der Waals surface area contributed by atoms with E-state index in [9.17, 15) is 0 Å². The van der Waals surface area contributed by atoms with E-state index in [4.69, 9.17) is 9.47 Å². The second-order valence-corrected chi connectivity index (χ2v) is 5.62. The van der Waals surface area contributed by atoms with E-state index >= 15 is 0 Å². The van der Waals surface area contributed by atoms with Crippen LogP contribution in [0.25, 0.3) is 0 Å².